The van der Waals surface area contributed by atoms with Gasteiger partial charge in [-0.15, -0.1) is 0 Å². The summed E-state index contributed by atoms with van der Waals surface area (Å²) in [5, 5.41) is 2.92. The number of rotatable bonds is 12. The number of fused-ring (bicyclic) bond motifs is 1. The number of carbonyl (C=O) groups is 2. The molecule has 0 saturated carbocycles. The molecule has 3 aromatic carbocycles. The van der Waals surface area contributed by atoms with Crippen LogP contribution in [0.15, 0.2) is 77.3 Å². The third kappa shape index (κ3) is 7.54. The van der Waals surface area contributed by atoms with Crippen LogP contribution >= 0.6 is 15.9 Å². The van der Waals surface area contributed by atoms with Gasteiger partial charge in [0.1, 0.15) is 12.6 Å². The summed E-state index contributed by atoms with van der Waals surface area (Å²) in [4.78, 5) is 29.1. The van der Waals surface area contributed by atoms with Gasteiger partial charge >= 0.3 is 0 Å². The Morgan fingerprint density at radius 1 is 0.975 bits per heavy atom. The van der Waals surface area contributed by atoms with Gasteiger partial charge in [0, 0.05) is 30.0 Å². The van der Waals surface area contributed by atoms with Crippen molar-refractivity contribution in [2.75, 3.05) is 30.4 Å². The number of anilines is 1. The maximum Gasteiger partial charge on any atom is 0.244 e. The summed E-state index contributed by atoms with van der Waals surface area (Å²) in [6, 6.07) is 20.7. The molecule has 0 saturated heterocycles. The number of benzene rings is 3. The van der Waals surface area contributed by atoms with E-state index in [9.17, 15) is 18.0 Å². The SMILES string of the molecule is CCCNC(=O)C(Cc1ccccc1)N(Cc1cccc(Br)c1)C(=O)CN(c1ccc2c(c1)OCO2)S(C)(=O)=O. The van der Waals surface area contributed by atoms with E-state index in [-0.39, 0.29) is 31.4 Å². The van der Waals surface area contributed by atoms with Crippen LogP contribution in [0.2, 0.25) is 0 Å². The lowest BCUT2D eigenvalue weighted by Crippen LogP contribution is -2.53. The number of nitrogens with zero attached hydrogens (tertiary/aromatic N) is 2. The smallest absolute Gasteiger partial charge is 0.244 e. The van der Waals surface area contributed by atoms with Crippen LogP contribution < -0.4 is 19.1 Å². The molecule has 1 N–H and O–H groups in total. The minimum atomic E-state index is -3.88. The lowest BCUT2D eigenvalue weighted by atomic mass is 10.0. The summed E-state index contributed by atoms with van der Waals surface area (Å²) < 4.78 is 38.5. The van der Waals surface area contributed by atoms with E-state index < -0.39 is 28.5 Å². The zero-order valence-electron chi connectivity index (χ0n) is 22.4. The van der Waals surface area contributed by atoms with Gasteiger partial charge in [0.05, 0.1) is 11.9 Å². The van der Waals surface area contributed by atoms with E-state index in [0.717, 1.165) is 32.6 Å². The highest BCUT2D eigenvalue weighted by molar-refractivity contribution is 9.10. The monoisotopic (exact) mass is 629 g/mol. The molecule has 0 spiro atoms. The van der Waals surface area contributed by atoms with E-state index in [1.165, 1.54) is 11.0 Å². The molecule has 40 heavy (non-hydrogen) atoms. The minimum Gasteiger partial charge on any atom is -0.454 e. The average Bonchev–Trinajstić information content (AvgIpc) is 3.40. The molecule has 1 aliphatic rings. The molecule has 0 radical (unpaired) electrons. The first kappa shape index (κ1) is 29.4. The average molecular weight is 631 g/mol. The van der Waals surface area contributed by atoms with Gasteiger partial charge in [-0.2, -0.15) is 0 Å². The van der Waals surface area contributed by atoms with Gasteiger partial charge in [-0.25, -0.2) is 8.42 Å². The summed E-state index contributed by atoms with van der Waals surface area (Å²) in [6.07, 6.45) is 2.04. The van der Waals surface area contributed by atoms with Crippen molar-refractivity contribution in [1.29, 1.82) is 0 Å². The second-order valence-electron chi connectivity index (χ2n) is 9.46. The molecule has 0 aromatic heterocycles. The molecule has 9 nitrogen and oxygen atoms in total. The number of carbonyl (C=O) groups excluding carboxylic acids is 2. The van der Waals surface area contributed by atoms with Crippen LogP contribution in [0.25, 0.3) is 0 Å². The van der Waals surface area contributed by atoms with Crippen LogP contribution in [-0.4, -0.2) is 57.3 Å². The van der Waals surface area contributed by atoms with E-state index in [0.29, 0.717) is 18.0 Å². The second-order valence-corrected chi connectivity index (χ2v) is 12.3. The van der Waals surface area contributed by atoms with E-state index in [2.05, 4.69) is 21.2 Å². The van der Waals surface area contributed by atoms with E-state index >= 15 is 0 Å². The normalized spacial score (nSPS) is 13.0. The Balaban J connectivity index is 1.72. The zero-order valence-corrected chi connectivity index (χ0v) is 24.8. The van der Waals surface area contributed by atoms with E-state index in [4.69, 9.17) is 9.47 Å². The first-order chi connectivity index (χ1) is 19.2. The van der Waals surface area contributed by atoms with Crippen molar-refractivity contribution in [3.63, 3.8) is 0 Å². The molecule has 1 unspecified atom stereocenters. The minimum absolute atomic E-state index is 0.0328. The third-order valence-electron chi connectivity index (χ3n) is 6.39. The number of halogens is 1. The second kappa shape index (κ2) is 13.2. The number of amides is 2. The van der Waals surface area contributed by atoms with Crippen LogP contribution in [0.4, 0.5) is 5.69 Å². The highest BCUT2D eigenvalue weighted by Crippen LogP contribution is 2.36. The maximum absolute atomic E-state index is 14.1. The molecule has 4 rings (SSSR count). The van der Waals surface area contributed by atoms with Crippen molar-refractivity contribution < 1.29 is 27.5 Å². The Labute approximate surface area is 243 Å². The van der Waals surface area contributed by atoms with Gasteiger partial charge in [0.15, 0.2) is 11.5 Å². The molecule has 1 aliphatic heterocycles. The Bertz CT molecular complexity index is 1450. The molecule has 2 amide bonds. The Morgan fingerprint density at radius 3 is 2.40 bits per heavy atom. The van der Waals surface area contributed by atoms with Crippen molar-refractivity contribution in [3.8, 4) is 11.5 Å². The fourth-order valence-electron chi connectivity index (χ4n) is 4.41. The summed E-state index contributed by atoms with van der Waals surface area (Å²) >= 11 is 3.47. The van der Waals surface area contributed by atoms with Crippen molar-refractivity contribution in [2.45, 2.75) is 32.4 Å². The number of hydrogen-bond donors (Lipinski definition) is 1. The predicted octanol–water partition coefficient (Wildman–Crippen LogP) is 4.11. The van der Waals surface area contributed by atoms with Gasteiger partial charge in [-0.05, 0) is 41.8 Å². The van der Waals surface area contributed by atoms with Crippen LogP contribution in [0.1, 0.15) is 24.5 Å². The van der Waals surface area contributed by atoms with Crippen molar-refractivity contribution >= 4 is 43.5 Å². The van der Waals surface area contributed by atoms with Crippen LogP contribution in [-0.2, 0) is 32.6 Å². The molecule has 3 aromatic rings. The van der Waals surface area contributed by atoms with Gasteiger partial charge in [0.2, 0.25) is 28.6 Å². The third-order valence-corrected chi connectivity index (χ3v) is 8.02. The van der Waals surface area contributed by atoms with Crippen LogP contribution in [0.5, 0.6) is 11.5 Å². The molecular formula is C29H32BrN3O6S. The largest absolute Gasteiger partial charge is 0.454 e. The molecule has 0 bridgehead atoms. The first-order valence-electron chi connectivity index (χ1n) is 12.9. The van der Waals surface area contributed by atoms with E-state index in [1.807, 2.05) is 61.5 Å². The Hall–Kier alpha value is -3.57. The van der Waals surface area contributed by atoms with Crippen molar-refractivity contribution in [2.24, 2.45) is 0 Å². The Kier molecular flexibility index (Phi) is 9.70. The molecule has 11 heteroatoms. The quantitative estimate of drug-likeness (QED) is 0.323. The number of nitrogens with one attached hydrogen (secondary N) is 1. The molecule has 0 aliphatic carbocycles. The molecular weight excluding hydrogens is 598 g/mol. The fraction of sp³-hybridized carbons (Fsp3) is 0.310. The van der Waals surface area contributed by atoms with Gasteiger partial charge in [-0.1, -0.05) is 65.3 Å². The lowest BCUT2D eigenvalue weighted by Gasteiger charge is -2.33. The van der Waals surface area contributed by atoms with Crippen LogP contribution in [0.3, 0.4) is 0 Å². The summed E-state index contributed by atoms with van der Waals surface area (Å²) in [7, 11) is -3.88. The summed E-state index contributed by atoms with van der Waals surface area (Å²) in [5.74, 6) is 0.0690. The van der Waals surface area contributed by atoms with Crippen molar-refractivity contribution in [1.82, 2.24) is 10.2 Å². The lowest BCUT2D eigenvalue weighted by molar-refractivity contribution is -0.140. The number of ether oxygens (including phenoxy) is 2. The zero-order chi connectivity index (χ0) is 28.7. The molecule has 1 atom stereocenters. The van der Waals surface area contributed by atoms with Crippen molar-refractivity contribution in [3.05, 3.63) is 88.4 Å². The molecule has 212 valence electrons. The van der Waals surface area contributed by atoms with E-state index in [1.54, 1.807) is 12.1 Å². The summed E-state index contributed by atoms with van der Waals surface area (Å²) in [6.45, 7) is 2.04. The highest BCUT2D eigenvalue weighted by Gasteiger charge is 2.33. The Morgan fingerprint density at radius 2 is 1.70 bits per heavy atom. The van der Waals surface area contributed by atoms with Gasteiger partial charge in [-0.3, -0.25) is 13.9 Å². The molecule has 1 heterocycles. The van der Waals surface area contributed by atoms with Crippen LogP contribution in [0, 0.1) is 0 Å². The topological polar surface area (TPSA) is 105 Å². The van der Waals surface area contributed by atoms with Gasteiger partial charge < -0.3 is 19.7 Å². The molecule has 0 fully saturated rings. The first-order valence-corrected chi connectivity index (χ1v) is 15.5. The predicted molar refractivity (Wildman–Crippen MR) is 157 cm³/mol. The number of hydrogen-bond acceptors (Lipinski definition) is 6. The summed E-state index contributed by atoms with van der Waals surface area (Å²) in [5.41, 5.74) is 1.93. The van der Waals surface area contributed by atoms with Gasteiger partial charge in [0.25, 0.3) is 0 Å². The standard InChI is InChI=1S/C29H32BrN3O6S/c1-3-14-31-29(35)25(16-21-8-5-4-6-9-21)32(18-22-10-7-11-23(30)15-22)28(34)19-33(40(2,36)37)24-12-13-26-27(17-24)39-20-38-26/h4-13,15,17,25H,3,14,16,18-20H2,1-2H3,(H,31,35). The maximum atomic E-state index is 14.1. The fourth-order valence-corrected chi connectivity index (χ4v) is 5.69. The highest BCUT2D eigenvalue weighted by atomic mass is 79.9. The number of sulfonamides is 1.